The lowest BCUT2D eigenvalue weighted by Crippen LogP contribution is -2.34. The van der Waals surface area contributed by atoms with Crippen LogP contribution < -0.4 is 4.90 Å². The van der Waals surface area contributed by atoms with Gasteiger partial charge in [-0.2, -0.15) is 5.10 Å². The normalized spacial score (nSPS) is 11.7. The number of rotatable bonds is 6. The quantitative estimate of drug-likeness (QED) is 0.435. The van der Waals surface area contributed by atoms with Crippen molar-refractivity contribution in [3.05, 3.63) is 71.5 Å². The molecule has 0 aliphatic carbocycles. The van der Waals surface area contributed by atoms with Gasteiger partial charge in [0.1, 0.15) is 5.52 Å². The second-order valence-corrected chi connectivity index (χ2v) is 10.0. The first-order chi connectivity index (χ1) is 14.3. The number of benzene rings is 2. The lowest BCUT2D eigenvalue weighted by atomic mass is 10.2. The van der Waals surface area contributed by atoms with Gasteiger partial charge < -0.3 is 0 Å². The Hall–Kier alpha value is -2.75. The number of para-hydroxylation sites is 1. The Morgan fingerprint density at radius 2 is 1.93 bits per heavy atom. The first-order valence-electron chi connectivity index (χ1n) is 8.97. The molecule has 2 aromatic carbocycles. The molecule has 1 amide bonds. The van der Waals surface area contributed by atoms with Crippen LogP contribution in [0.4, 0.5) is 5.13 Å². The van der Waals surface area contributed by atoms with Gasteiger partial charge in [-0.25, -0.2) is 13.4 Å². The fourth-order valence-electron chi connectivity index (χ4n) is 2.94. The lowest BCUT2D eigenvalue weighted by Gasteiger charge is -2.20. The number of sulfone groups is 1. The highest BCUT2D eigenvalue weighted by atomic mass is 35.5. The maximum atomic E-state index is 13.3. The molecule has 2 aromatic heterocycles. The highest BCUT2D eigenvalue weighted by Crippen LogP contribution is 2.33. The number of fused-ring (bicyclic) bond motifs is 1. The van der Waals surface area contributed by atoms with Crippen LogP contribution in [0.2, 0.25) is 5.02 Å². The van der Waals surface area contributed by atoms with E-state index in [0.29, 0.717) is 34.3 Å². The first kappa shape index (κ1) is 20.5. The topological polar surface area (TPSA) is 85.2 Å². The van der Waals surface area contributed by atoms with E-state index in [1.54, 1.807) is 21.8 Å². The third kappa shape index (κ3) is 4.23. The largest absolute Gasteiger partial charge is 0.282 e. The molecule has 0 N–H and O–H groups in total. The van der Waals surface area contributed by atoms with Crippen molar-refractivity contribution in [2.45, 2.75) is 11.4 Å². The average molecular weight is 461 g/mol. The Balaban J connectivity index is 1.70. The zero-order valence-corrected chi connectivity index (χ0v) is 18.3. The summed E-state index contributed by atoms with van der Waals surface area (Å²) in [5.41, 5.74) is 1.01. The standard InChI is InChI=1S/C20H17ClN4O3S2/c1-30(27,28)15-8-6-14(7-9-15)19(26)25(13-12-24-11-3-10-22-24)20-23-18-16(21)4-2-5-17(18)29-20/h2-11H,12-13H2,1H3. The molecule has 0 aliphatic heterocycles. The third-order valence-corrected chi connectivity index (χ3v) is 6.95. The van der Waals surface area contributed by atoms with E-state index < -0.39 is 9.84 Å². The van der Waals surface area contributed by atoms with Gasteiger partial charge in [-0.05, 0) is 42.5 Å². The van der Waals surface area contributed by atoms with Crippen LogP contribution in [0.15, 0.2) is 65.8 Å². The Kier molecular flexibility index (Phi) is 5.59. The molecule has 0 saturated carbocycles. The Morgan fingerprint density at radius 3 is 2.57 bits per heavy atom. The van der Waals surface area contributed by atoms with Crippen molar-refractivity contribution in [3.63, 3.8) is 0 Å². The molecule has 0 radical (unpaired) electrons. The van der Waals surface area contributed by atoms with Gasteiger partial charge in [-0.1, -0.05) is 29.0 Å². The van der Waals surface area contributed by atoms with Crippen LogP contribution in [-0.4, -0.2) is 41.9 Å². The number of carbonyl (C=O) groups excluding carboxylic acids is 1. The Labute approximate surface area is 182 Å². The number of thiazole rings is 1. The molecule has 2 heterocycles. The number of anilines is 1. The second kappa shape index (κ2) is 8.17. The van der Waals surface area contributed by atoms with Gasteiger partial charge in [0.25, 0.3) is 5.91 Å². The predicted octanol–water partition coefficient (Wildman–Crippen LogP) is 3.90. The van der Waals surface area contributed by atoms with E-state index in [2.05, 4.69) is 10.1 Å². The van der Waals surface area contributed by atoms with Gasteiger partial charge in [0, 0.05) is 30.8 Å². The van der Waals surface area contributed by atoms with Crippen molar-refractivity contribution in [3.8, 4) is 0 Å². The lowest BCUT2D eigenvalue weighted by molar-refractivity contribution is 0.0985. The van der Waals surface area contributed by atoms with E-state index in [1.807, 2.05) is 24.4 Å². The molecular weight excluding hydrogens is 444 g/mol. The SMILES string of the molecule is CS(=O)(=O)c1ccc(C(=O)N(CCn2cccn2)c2nc3c(Cl)cccc3s2)cc1. The van der Waals surface area contributed by atoms with E-state index in [1.165, 1.54) is 35.6 Å². The molecule has 10 heteroatoms. The maximum Gasteiger partial charge on any atom is 0.260 e. The molecule has 0 atom stereocenters. The van der Waals surface area contributed by atoms with E-state index in [0.717, 1.165) is 11.0 Å². The van der Waals surface area contributed by atoms with Crippen LogP contribution in [-0.2, 0) is 16.4 Å². The molecule has 30 heavy (non-hydrogen) atoms. The highest BCUT2D eigenvalue weighted by molar-refractivity contribution is 7.90. The van der Waals surface area contributed by atoms with Crippen molar-refractivity contribution in [1.82, 2.24) is 14.8 Å². The number of carbonyl (C=O) groups is 1. The molecule has 0 unspecified atom stereocenters. The van der Waals surface area contributed by atoms with E-state index in [9.17, 15) is 13.2 Å². The van der Waals surface area contributed by atoms with Gasteiger partial charge in [0.05, 0.1) is 21.2 Å². The second-order valence-electron chi connectivity index (χ2n) is 6.61. The molecule has 154 valence electrons. The number of amides is 1. The number of halogens is 1. The number of nitrogens with zero attached hydrogens (tertiary/aromatic N) is 4. The van der Waals surface area contributed by atoms with E-state index >= 15 is 0 Å². The zero-order chi connectivity index (χ0) is 21.3. The number of hydrogen-bond donors (Lipinski definition) is 0. The predicted molar refractivity (Wildman–Crippen MR) is 118 cm³/mol. The summed E-state index contributed by atoms with van der Waals surface area (Å²) in [6, 6.07) is 13.2. The Morgan fingerprint density at radius 1 is 1.17 bits per heavy atom. The minimum atomic E-state index is -3.34. The van der Waals surface area contributed by atoms with Crippen LogP contribution in [0.25, 0.3) is 10.2 Å². The third-order valence-electron chi connectivity index (χ3n) is 4.48. The van der Waals surface area contributed by atoms with Crippen molar-refractivity contribution >= 4 is 54.0 Å². The smallest absolute Gasteiger partial charge is 0.260 e. The minimum Gasteiger partial charge on any atom is -0.282 e. The summed E-state index contributed by atoms with van der Waals surface area (Å²) in [5, 5.41) is 5.22. The van der Waals surface area contributed by atoms with Gasteiger partial charge in [0.2, 0.25) is 0 Å². The van der Waals surface area contributed by atoms with Crippen molar-refractivity contribution in [2.24, 2.45) is 0 Å². The molecule has 0 bridgehead atoms. The summed E-state index contributed by atoms with van der Waals surface area (Å²) in [5.74, 6) is -0.280. The summed E-state index contributed by atoms with van der Waals surface area (Å²) in [6.45, 7) is 0.815. The Bertz CT molecular complexity index is 1300. The fourth-order valence-corrected chi connectivity index (χ4v) is 4.86. The number of aromatic nitrogens is 3. The summed E-state index contributed by atoms with van der Waals surface area (Å²) in [7, 11) is -3.34. The first-order valence-corrected chi connectivity index (χ1v) is 12.1. The molecule has 0 aliphatic rings. The molecule has 0 spiro atoms. The molecule has 0 saturated heterocycles. The number of hydrogen-bond acceptors (Lipinski definition) is 6. The molecular formula is C20H17ClN4O3S2. The fraction of sp³-hybridized carbons (Fsp3) is 0.150. The molecule has 4 rings (SSSR count). The van der Waals surface area contributed by atoms with Crippen LogP contribution in [0, 0.1) is 0 Å². The van der Waals surface area contributed by atoms with Crippen molar-refractivity contribution in [1.29, 1.82) is 0 Å². The monoisotopic (exact) mass is 460 g/mol. The molecule has 0 fully saturated rings. The summed E-state index contributed by atoms with van der Waals surface area (Å²) in [4.78, 5) is 19.6. The van der Waals surface area contributed by atoms with Gasteiger partial charge in [-0.3, -0.25) is 14.4 Å². The molecule has 7 nitrogen and oxygen atoms in total. The van der Waals surface area contributed by atoms with Crippen LogP contribution >= 0.6 is 22.9 Å². The van der Waals surface area contributed by atoms with Gasteiger partial charge in [0.15, 0.2) is 15.0 Å². The van der Waals surface area contributed by atoms with E-state index in [4.69, 9.17) is 11.6 Å². The average Bonchev–Trinajstić information content (AvgIpc) is 3.38. The zero-order valence-electron chi connectivity index (χ0n) is 15.9. The summed E-state index contributed by atoms with van der Waals surface area (Å²) < 4.78 is 26.0. The highest BCUT2D eigenvalue weighted by Gasteiger charge is 2.22. The summed E-state index contributed by atoms with van der Waals surface area (Å²) >= 11 is 7.63. The van der Waals surface area contributed by atoms with Crippen molar-refractivity contribution in [2.75, 3.05) is 17.7 Å². The maximum absolute atomic E-state index is 13.3. The minimum absolute atomic E-state index is 0.161. The molecule has 4 aromatic rings. The van der Waals surface area contributed by atoms with Crippen LogP contribution in [0.5, 0.6) is 0 Å². The van der Waals surface area contributed by atoms with Crippen molar-refractivity contribution < 1.29 is 13.2 Å². The van der Waals surface area contributed by atoms with Gasteiger partial charge in [-0.15, -0.1) is 0 Å². The van der Waals surface area contributed by atoms with Crippen LogP contribution in [0.3, 0.4) is 0 Å². The summed E-state index contributed by atoms with van der Waals surface area (Å²) in [6.07, 6.45) is 4.62. The van der Waals surface area contributed by atoms with Gasteiger partial charge >= 0.3 is 0 Å². The van der Waals surface area contributed by atoms with Crippen LogP contribution in [0.1, 0.15) is 10.4 Å². The van der Waals surface area contributed by atoms with E-state index in [-0.39, 0.29) is 10.8 Å².